The van der Waals surface area contributed by atoms with Gasteiger partial charge in [-0.2, -0.15) is 8.42 Å². The Morgan fingerprint density at radius 1 is 1.23 bits per heavy atom. The van der Waals surface area contributed by atoms with Crippen molar-refractivity contribution in [3.05, 3.63) is 40.4 Å². The number of fused-ring (bicyclic) bond motifs is 1. The number of hydrogen-bond donors (Lipinski definition) is 7. The number of carboxylic acids is 1. The molecule has 1 aromatic heterocycles. The molecule has 1 aromatic carbocycles. The van der Waals surface area contributed by atoms with E-state index in [0.29, 0.717) is 51.0 Å². The maximum atomic E-state index is 13.1. The second-order valence-electron chi connectivity index (χ2n) is 10.9. The molecule has 2 aliphatic heterocycles. The monoisotopic (exact) mass is 710 g/mol. The van der Waals surface area contributed by atoms with Crippen LogP contribution in [0, 0.1) is 5.41 Å². The lowest BCUT2D eigenvalue weighted by Gasteiger charge is -2.42. The number of carboxylic acid groups (broad SMARTS) is 1. The molecule has 0 radical (unpaired) electrons. The van der Waals surface area contributed by atoms with Gasteiger partial charge in [0.05, 0.1) is 6.04 Å². The molecule has 19 nitrogen and oxygen atoms in total. The highest BCUT2D eigenvalue weighted by Gasteiger charge is 2.51. The van der Waals surface area contributed by atoms with Crippen LogP contribution < -0.4 is 27.3 Å². The van der Waals surface area contributed by atoms with Crippen LogP contribution in [-0.4, -0.2) is 118 Å². The molecule has 1 saturated heterocycles. The van der Waals surface area contributed by atoms with E-state index in [1.54, 1.807) is 12.1 Å². The van der Waals surface area contributed by atoms with Crippen LogP contribution in [0.1, 0.15) is 36.6 Å². The van der Waals surface area contributed by atoms with E-state index in [1.165, 1.54) is 12.3 Å². The van der Waals surface area contributed by atoms with Crippen LogP contribution >= 0.6 is 11.3 Å². The smallest absolute Gasteiger partial charge is 0.362 e. The van der Waals surface area contributed by atoms with Crippen molar-refractivity contribution in [3.8, 4) is 5.75 Å². The third kappa shape index (κ3) is 8.47. The Hall–Kier alpha value is -4.57. The van der Waals surface area contributed by atoms with Gasteiger partial charge in [0.25, 0.3) is 17.9 Å². The highest BCUT2D eigenvalue weighted by atomic mass is 32.2. The Balaban J connectivity index is 1.42. The minimum atomic E-state index is -4.83. The summed E-state index contributed by atoms with van der Waals surface area (Å²) < 4.78 is 37.9. The van der Waals surface area contributed by atoms with Gasteiger partial charge < -0.3 is 47.0 Å². The van der Waals surface area contributed by atoms with Crippen LogP contribution in [0.15, 0.2) is 28.7 Å². The molecule has 1 fully saturated rings. The van der Waals surface area contributed by atoms with E-state index in [0.717, 1.165) is 35.3 Å². The van der Waals surface area contributed by atoms with Crippen LogP contribution in [0.4, 0.5) is 5.13 Å². The number of ether oxygens (including phenoxy) is 1. The number of thiazole rings is 1. The summed E-state index contributed by atoms with van der Waals surface area (Å²) >= 11 is 0.954. The molecule has 10 N–H and O–H groups in total. The number of hydrogen-bond acceptors (Lipinski definition) is 14. The lowest BCUT2D eigenvalue weighted by Crippen LogP contribution is -2.71. The fraction of sp³-hybridized carbons (Fsp3) is 0.481. The van der Waals surface area contributed by atoms with Crippen molar-refractivity contribution < 1.29 is 42.0 Å². The maximum Gasteiger partial charge on any atom is 0.362 e. The van der Waals surface area contributed by atoms with Crippen molar-refractivity contribution in [2.45, 2.75) is 51.0 Å². The molecule has 262 valence electrons. The molecule has 0 saturated carbocycles. The summed E-state index contributed by atoms with van der Waals surface area (Å²) in [6.07, 6.45) is -0.219. The summed E-state index contributed by atoms with van der Waals surface area (Å²) in [5.41, 5.74) is 18.3. The molecule has 48 heavy (non-hydrogen) atoms. The van der Waals surface area contributed by atoms with Crippen molar-refractivity contribution in [2.24, 2.45) is 16.6 Å². The number of nitrogens with one attached hydrogen (secondary N) is 2. The van der Waals surface area contributed by atoms with Crippen molar-refractivity contribution in [3.63, 3.8) is 0 Å². The zero-order valence-electron chi connectivity index (χ0n) is 25.9. The van der Waals surface area contributed by atoms with Crippen LogP contribution in [0.3, 0.4) is 0 Å². The number of benzene rings is 1. The van der Waals surface area contributed by atoms with E-state index in [-0.39, 0.29) is 15.1 Å². The van der Waals surface area contributed by atoms with Gasteiger partial charge in [-0.1, -0.05) is 11.2 Å². The van der Waals surface area contributed by atoms with Gasteiger partial charge in [-0.3, -0.25) is 19.6 Å². The molecule has 2 aliphatic rings. The van der Waals surface area contributed by atoms with Crippen LogP contribution in [0.5, 0.6) is 5.75 Å². The molecule has 4 rings (SSSR count). The maximum absolute atomic E-state index is 13.1. The molecule has 2 aromatic rings. The predicted octanol–water partition coefficient (Wildman–Crippen LogP) is -1.25. The average molecular weight is 711 g/mol. The molecule has 0 bridgehead atoms. The standard InChI is InChI=1S/C27H38N10O9S2/c1-15-21(24(39)37(15)48(42,43)44)33-23(38)22(19-14-47-26(30)32-19)34-46-20(25(40)41)13-45-18-5-4-16-11-36(12-17(16)10-18)27(31)35(8-2-6-28)9-3-7-29/h4-5,10,14-15,20-21,31H,2-3,6-9,11-13,28-29H2,1H3,(H2,30,32)(H,33,38)(H,40,41)(H,42,43,44)/b31-27?,34-22-/t15-,20?,21-/m0/s1. The Labute approximate surface area is 280 Å². The molecule has 2 amide bonds. The van der Waals surface area contributed by atoms with Crippen molar-refractivity contribution in [1.29, 1.82) is 5.41 Å². The van der Waals surface area contributed by atoms with E-state index < -0.39 is 58.6 Å². The van der Waals surface area contributed by atoms with Crippen molar-refractivity contribution in [1.82, 2.24) is 24.4 Å². The topological polar surface area (TPSA) is 293 Å². The second-order valence-corrected chi connectivity index (χ2v) is 13.1. The Bertz CT molecular complexity index is 1660. The van der Waals surface area contributed by atoms with Gasteiger partial charge in [0, 0.05) is 31.6 Å². The first-order chi connectivity index (χ1) is 22.7. The number of β-lactam (4-membered cyclic amide) rings is 1. The third-order valence-corrected chi connectivity index (χ3v) is 9.25. The van der Waals surface area contributed by atoms with Crippen molar-refractivity contribution >= 4 is 56.2 Å². The number of aliphatic carboxylic acids is 1. The molecule has 3 heterocycles. The molecule has 1 unspecified atom stereocenters. The summed E-state index contributed by atoms with van der Waals surface area (Å²) in [6, 6.07) is 2.79. The Morgan fingerprint density at radius 2 is 1.90 bits per heavy atom. The minimum absolute atomic E-state index is 0.0541. The van der Waals surface area contributed by atoms with Crippen molar-refractivity contribution in [2.75, 3.05) is 38.5 Å². The molecule has 21 heteroatoms. The molecule has 0 spiro atoms. The lowest BCUT2D eigenvalue weighted by atomic mass is 10.0. The van der Waals surface area contributed by atoms with Gasteiger partial charge in [-0.25, -0.2) is 14.1 Å². The number of guanidine groups is 1. The van der Waals surface area contributed by atoms with Gasteiger partial charge in [-0.05, 0) is 56.1 Å². The highest BCUT2D eigenvalue weighted by Crippen LogP contribution is 2.28. The number of anilines is 1. The normalized spacial score (nSPS) is 18.2. The van der Waals surface area contributed by atoms with E-state index in [2.05, 4.69) is 15.5 Å². The summed E-state index contributed by atoms with van der Waals surface area (Å²) in [5.74, 6) is -2.88. The van der Waals surface area contributed by atoms with Gasteiger partial charge in [0.2, 0.25) is 0 Å². The fourth-order valence-electron chi connectivity index (χ4n) is 5.05. The highest BCUT2D eigenvalue weighted by molar-refractivity contribution is 7.84. The Morgan fingerprint density at radius 3 is 2.46 bits per heavy atom. The van der Waals surface area contributed by atoms with E-state index in [9.17, 15) is 32.5 Å². The van der Waals surface area contributed by atoms with Gasteiger partial charge in [-0.15, -0.1) is 11.3 Å². The van der Waals surface area contributed by atoms with E-state index in [4.69, 9.17) is 32.2 Å². The number of nitrogen functional groups attached to an aromatic ring is 1. The van der Waals surface area contributed by atoms with Crippen LogP contribution in [-0.2, 0) is 42.6 Å². The lowest BCUT2D eigenvalue weighted by molar-refractivity contribution is -0.152. The Kier molecular flexibility index (Phi) is 11.8. The summed E-state index contributed by atoms with van der Waals surface area (Å²) in [5, 5.41) is 25.9. The molecular weight excluding hydrogens is 672 g/mol. The molecule has 3 atom stereocenters. The number of nitrogens with zero attached hydrogens (tertiary/aromatic N) is 5. The summed E-state index contributed by atoms with van der Waals surface area (Å²) in [6.45, 7) is 4.01. The SMILES string of the molecule is C[C@H]1[C@H](NC(=O)/C(=N\OC(COc2ccc3c(c2)CN(C(=N)N(CCCN)CCCN)C3)C(=O)O)c2csc(N)n2)C(=O)N1S(=O)(=O)O. The molecular formula is C27H38N10O9S2. The fourth-order valence-corrected chi connectivity index (χ4v) is 6.48. The van der Waals surface area contributed by atoms with Crippen LogP contribution in [0.2, 0.25) is 0 Å². The average Bonchev–Trinajstić information content (AvgIpc) is 3.66. The van der Waals surface area contributed by atoms with E-state index in [1.807, 2.05) is 15.9 Å². The zero-order valence-corrected chi connectivity index (χ0v) is 27.6. The number of rotatable bonds is 16. The quantitative estimate of drug-likeness (QED) is 0.0352. The number of nitrogens with two attached hydrogens (primary N) is 3. The van der Waals surface area contributed by atoms with E-state index >= 15 is 0 Å². The number of aromatic nitrogens is 1. The molecule has 0 aliphatic carbocycles. The first-order valence-corrected chi connectivity index (χ1v) is 17.1. The first-order valence-electron chi connectivity index (χ1n) is 14.8. The zero-order chi connectivity index (χ0) is 35.2. The minimum Gasteiger partial charge on any atom is -0.489 e. The summed E-state index contributed by atoms with van der Waals surface area (Å²) in [7, 11) is -4.83. The number of carbonyl (C=O) groups excluding carboxylic acids is 2. The van der Waals surface area contributed by atoms with Gasteiger partial charge in [0.1, 0.15) is 24.1 Å². The van der Waals surface area contributed by atoms with Gasteiger partial charge >= 0.3 is 16.3 Å². The second kappa shape index (κ2) is 15.6. The van der Waals surface area contributed by atoms with Gasteiger partial charge in [0.15, 0.2) is 16.8 Å². The predicted molar refractivity (Wildman–Crippen MR) is 173 cm³/mol. The first kappa shape index (κ1) is 36.3. The number of oxime groups is 1. The summed E-state index contributed by atoms with van der Waals surface area (Å²) in [4.78, 5) is 50.4. The third-order valence-electron chi connectivity index (χ3n) is 7.56. The largest absolute Gasteiger partial charge is 0.489 e. The number of amides is 2. The number of carbonyl (C=O) groups is 3. The van der Waals surface area contributed by atoms with Crippen LogP contribution in [0.25, 0.3) is 0 Å².